The van der Waals surface area contributed by atoms with E-state index < -0.39 is 12.1 Å². The fourth-order valence-corrected chi connectivity index (χ4v) is 1.82. The molecule has 2 rings (SSSR count). The molecular weight excluding hydrogens is 204 g/mol. The summed E-state index contributed by atoms with van der Waals surface area (Å²) < 4.78 is 0. The zero-order valence-electron chi connectivity index (χ0n) is 8.63. The summed E-state index contributed by atoms with van der Waals surface area (Å²) in [6, 6.07) is 13.1. The van der Waals surface area contributed by atoms with E-state index >= 15 is 0 Å². The molecule has 0 bridgehead atoms. The number of aliphatic carboxylic acids is 1. The predicted molar refractivity (Wildman–Crippen MR) is 61.2 cm³/mol. The van der Waals surface area contributed by atoms with Gasteiger partial charge in [0.25, 0.3) is 0 Å². The maximum absolute atomic E-state index is 10.6. The first-order valence-electron chi connectivity index (χ1n) is 5.06. The molecule has 0 aliphatic carbocycles. The van der Waals surface area contributed by atoms with E-state index in [1.165, 1.54) is 0 Å². The molecule has 0 radical (unpaired) electrons. The second-order valence-electron chi connectivity index (χ2n) is 3.68. The lowest BCUT2D eigenvalue weighted by Crippen LogP contribution is -2.05. The lowest BCUT2D eigenvalue weighted by atomic mass is 9.99. The van der Waals surface area contributed by atoms with Gasteiger partial charge >= 0.3 is 5.97 Å². The number of aliphatic hydroxyl groups excluding tert-OH is 1. The molecule has 16 heavy (non-hydrogen) atoms. The van der Waals surface area contributed by atoms with Gasteiger partial charge in [0, 0.05) is 0 Å². The van der Waals surface area contributed by atoms with Crippen LogP contribution in [-0.4, -0.2) is 16.2 Å². The molecular formula is C13H12O3. The van der Waals surface area contributed by atoms with Crippen LogP contribution in [0.2, 0.25) is 0 Å². The molecule has 0 heterocycles. The Morgan fingerprint density at radius 1 is 1.12 bits per heavy atom. The van der Waals surface area contributed by atoms with E-state index in [4.69, 9.17) is 5.11 Å². The van der Waals surface area contributed by atoms with Crippen molar-refractivity contribution in [3.05, 3.63) is 48.0 Å². The third-order valence-corrected chi connectivity index (χ3v) is 2.55. The van der Waals surface area contributed by atoms with Gasteiger partial charge in [-0.05, 0) is 16.3 Å². The number of carboxylic acids is 1. The lowest BCUT2D eigenvalue weighted by Gasteiger charge is -2.11. The molecule has 2 N–H and O–H groups in total. The molecule has 0 unspecified atom stereocenters. The van der Waals surface area contributed by atoms with Crippen molar-refractivity contribution < 1.29 is 15.0 Å². The van der Waals surface area contributed by atoms with E-state index in [1.54, 1.807) is 6.07 Å². The van der Waals surface area contributed by atoms with Crippen LogP contribution in [-0.2, 0) is 4.79 Å². The summed E-state index contributed by atoms with van der Waals surface area (Å²) in [4.78, 5) is 10.6. The third kappa shape index (κ3) is 2.04. The van der Waals surface area contributed by atoms with Gasteiger partial charge in [0.1, 0.15) is 0 Å². The predicted octanol–water partition coefficient (Wildman–Crippen LogP) is 2.35. The number of hydrogen-bond donors (Lipinski definition) is 2. The van der Waals surface area contributed by atoms with Crippen molar-refractivity contribution >= 4 is 16.7 Å². The average Bonchev–Trinajstić information content (AvgIpc) is 2.27. The van der Waals surface area contributed by atoms with Crippen LogP contribution >= 0.6 is 0 Å². The van der Waals surface area contributed by atoms with Gasteiger partial charge < -0.3 is 10.2 Å². The minimum atomic E-state index is -1.000. The molecule has 82 valence electrons. The minimum Gasteiger partial charge on any atom is -0.481 e. The van der Waals surface area contributed by atoms with Crippen molar-refractivity contribution in [2.75, 3.05) is 0 Å². The fraction of sp³-hybridized carbons (Fsp3) is 0.154. The van der Waals surface area contributed by atoms with Crippen LogP contribution in [0.3, 0.4) is 0 Å². The van der Waals surface area contributed by atoms with Crippen LogP contribution in [0.5, 0.6) is 0 Å². The van der Waals surface area contributed by atoms with E-state index in [9.17, 15) is 9.90 Å². The van der Waals surface area contributed by atoms with Gasteiger partial charge in [-0.25, -0.2) is 0 Å². The summed E-state index contributed by atoms with van der Waals surface area (Å²) in [5, 5.41) is 20.4. The Morgan fingerprint density at radius 2 is 1.81 bits per heavy atom. The normalized spacial score (nSPS) is 12.6. The summed E-state index contributed by atoms with van der Waals surface area (Å²) in [5.41, 5.74) is 0.667. The number of benzene rings is 2. The highest BCUT2D eigenvalue weighted by Gasteiger charge is 2.14. The van der Waals surface area contributed by atoms with E-state index in [2.05, 4.69) is 0 Å². The van der Waals surface area contributed by atoms with Crippen LogP contribution in [0.4, 0.5) is 0 Å². The van der Waals surface area contributed by atoms with Crippen LogP contribution in [0.15, 0.2) is 42.5 Å². The van der Waals surface area contributed by atoms with Gasteiger partial charge in [0.2, 0.25) is 0 Å². The van der Waals surface area contributed by atoms with Crippen molar-refractivity contribution in [2.45, 2.75) is 12.5 Å². The maximum Gasteiger partial charge on any atom is 0.306 e. The smallest absolute Gasteiger partial charge is 0.306 e. The number of hydrogen-bond acceptors (Lipinski definition) is 2. The summed E-state index contributed by atoms with van der Waals surface area (Å²) in [6.45, 7) is 0. The Bertz CT molecular complexity index is 514. The molecule has 0 amide bonds. The second kappa shape index (κ2) is 4.33. The molecule has 3 heteroatoms. The van der Waals surface area contributed by atoms with Gasteiger partial charge in [-0.3, -0.25) is 4.79 Å². The molecule has 2 aromatic carbocycles. The molecule has 2 aromatic rings. The van der Waals surface area contributed by atoms with Crippen LogP contribution in [0, 0.1) is 0 Å². The first-order valence-corrected chi connectivity index (χ1v) is 5.06. The summed E-state index contributed by atoms with van der Waals surface area (Å²) >= 11 is 0. The summed E-state index contributed by atoms with van der Waals surface area (Å²) in [7, 11) is 0. The molecule has 0 saturated carbocycles. The SMILES string of the molecule is O=C(O)C[C@@H](O)c1cccc2ccccc12. The van der Waals surface area contributed by atoms with Crippen molar-refractivity contribution in [1.82, 2.24) is 0 Å². The molecule has 0 spiro atoms. The first kappa shape index (κ1) is 10.6. The molecule has 0 aliphatic rings. The van der Waals surface area contributed by atoms with Gasteiger partial charge in [-0.15, -0.1) is 0 Å². The minimum absolute atomic E-state index is 0.270. The van der Waals surface area contributed by atoms with E-state index in [0.717, 1.165) is 10.8 Å². The summed E-state index contributed by atoms with van der Waals surface area (Å²) in [6.07, 6.45) is -1.22. The highest BCUT2D eigenvalue weighted by atomic mass is 16.4. The zero-order chi connectivity index (χ0) is 11.5. The molecule has 3 nitrogen and oxygen atoms in total. The van der Waals surface area contributed by atoms with Gasteiger partial charge in [0.05, 0.1) is 12.5 Å². The van der Waals surface area contributed by atoms with Crippen molar-refractivity contribution in [1.29, 1.82) is 0 Å². The van der Waals surface area contributed by atoms with Gasteiger partial charge in [-0.2, -0.15) is 0 Å². The average molecular weight is 216 g/mol. The maximum atomic E-state index is 10.6. The summed E-state index contributed by atoms with van der Waals surface area (Å²) in [5.74, 6) is -1.000. The molecule has 1 atom stereocenters. The van der Waals surface area contributed by atoms with Gasteiger partial charge in [-0.1, -0.05) is 42.5 Å². The Kier molecular flexibility index (Phi) is 2.88. The van der Waals surface area contributed by atoms with E-state index in [-0.39, 0.29) is 6.42 Å². The Morgan fingerprint density at radius 3 is 2.56 bits per heavy atom. The molecule has 0 saturated heterocycles. The largest absolute Gasteiger partial charge is 0.481 e. The number of fused-ring (bicyclic) bond motifs is 1. The highest BCUT2D eigenvalue weighted by molar-refractivity contribution is 5.86. The molecule has 0 aromatic heterocycles. The standard InChI is InChI=1S/C13H12O3/c14-12(8-13(15)16)11-7-3-5-9-4-1-2-6-10(9)11/h1-7,12,14H,8H2,(H,15,16)/t12-/m1/s1. The number of rotatable bonds is 3. The molecule has 0 aliphatic heterocycles. The van der Waals surface area contributed by atoms with E-state index in [0.29, 0.717) is 5.56 Å². The first-order chi connectivity index (χ1) is 7.68. The van der Waals surface area contributed by atoms with Crippen molar-refractivity contribution in [3.63, 3.8) is 0 Å². The van der Waals surface area contributed by atoms with Crippen molar-refractivity contribution in [2.24, 2.45) is 0 Å². The van der Waals surface area contributed by atoms with Gasteiger partial charge in [0.15, 0.2) is 0 Å². The Hall–Kier alpha value is -1.87. The van der Waals surface area contributed by atoms with Crippen LogP contribution < -0.4 is 0 Å². The lowest BCUT2D eigenvalue weighted by molar-refractivity contribution is -0.139. The van der Waals surface area contributed by atoms with Crippen LogP contribution in [0.1, 0.15) is 18.1 Å². The number of aliphatic hydroxyl groups is 1. The van der Waals surface area contributed by atoms with E-state index in [1.807, 2.05) is 36.4 Å². The highest BCUT2D eigenvalue weighted by Crippen LogP contribution is 2.25. The quantitative estimate of drug-likeness (QED) is 0.828. The third-order valence-electron chi connectivity index (χ3n) is 2.55. The van der Waals surface area contributed by atoms with Crippen molar-refractivity contribution in [3.8, 4) is 0 Å². The van der Waals surface area contributed by atoms with Crippen LogP contribution in [0.25, 0.3) is 10.8 Å². The monoisotopic (exact) mass is 216 g/mol. The fourth-order valence-electron chi connectivity index (χ4n) is 1.82. The number of carbonyl (C=O) groups is 1. The second-order valence-corrected chi connectivity index (χ2v) is 3.68. The topological polar surface area (TPSA) is 57.5 Å². The number of carboxylic acid groups (broad SMARTS) is 1. The Balaban J connectivity index is 2.47. The Labute approximate surface area is 93.0 Å². The molecule has 0 fully saturated rings. The zero-order valence-corrected chi connectivity index (χ0v) is 8.63.